The fourth-order valence-corrected chi connectivity index (χ4v) is 7.94. The molecule has 0 fully saturated rings. The van der Waals surface area contributed by atoms with Crippen LogP contribution < -0.4 is 4.90 Å². The number of hydrogen-bond donors (Lipinski definition) is 0. The van der Waals surface area contributed by atoms with Crippen LogP contribution in [0, 0.1) is 0 Å². The first-order chi connectivity index (χ1) is 18.4. The summed E-state index contributed by atoms with van der Waals surface area (Å²) in [5.74, 6) is 0. The van der Waals surface area contributed by atoms with Gasteiger partial charge in [-0.05, 0) is 53.9 Å². The van der Waals surface area contributed by atoms with E-state index in [2.05, 4.69) is 132 Å². The van der Waals surface area contributed by atoms with Crippen molar-refractivity contribution < 1.29 is 0 Å². The van der Waals surface area contributed by atoms with E-state index in [0.29, 0.717) is 0 Å². The monoisotopic (exact) mass is 507 g/mol. The molecule has 0 bridgehead atoms. The lowest BCUT2D eigenvalue weighted by Gasteiger charge is -2.28. The fraction of sp³-hybridized carbons (Fsp3) is 0. The quantitative estimate of drug-likeness (QED) is 0.230. The van der Waals surface area contributed by atoms with Crippen LogP contribution in [0.1, 0.15) is 0 Å². The van der Waals surface area contributed by atoms with Crippen LogP contribution in [-0.4, -0.2) is 0 Å². The maximum absolute atomic E-state index is 2.45. The Kier molecular flexibility index (Phi) is 4.63. The van der Waals surface area contributed by atoms with Gasteiger partial charge in [0.15, 0.2) is 0 Å². The zero-order chi connectivity index (χ0) is 24.3. The average Bonchev–Trinajstić information content (AvgIpc) is 3.53. The first-order valence-corrected chi connectivity index (χ1v) is 14.1. The summed E-state index contributed by atoms with van der Waals surface area (Å²) in [7, 11) is 0. The van der Waals surface area contributed by atoms with Crippen LogP contribution in [0.15, 0.2) is 127 Å². The van der Waals surface area contributed by atoms with Crippen molar-refractivity contribution in [3.05, 3.63) is 127 Å². The Hall–Kier alpha value is -4.18. The molecule has 2 heterocycles. The summed E-state index contributed by atoms with van der Waals surface area (Å²) >= 11 is 3.74. The second-order valence-electron chi connectivity index (χ2n) is 9.33. The summed E-state index contributed by atoms with van der Waals surface area (Å²) in [6.45, 7) is 0. The molecule has 2 aromatic heterocycles. The second-order valence-corrected chi connectivity index (χ2v) is 11.5. The van der Waals surface area contributed by atoms with E-state index in [1.165, 1.54) is 62.5 Å². The molecule has 0 aliphatic rings. The first-order valence-electron chi connectivity index (χ1n) is 12.5. The zero-order valence-corrected chi connectivity index (χ0v) is 21.5. The number of fused-ring (bicyclic) bond motifs is 8. The number of benzene rings is 6. The molecule has 0 aliphatic heterocycles. The Balaban J connectivity index is 1.49. The van der Waals surface area contributed by atoms with Gasteiger partial charge in [0, 0.05) is 51.4 Å². The smallest absolute Gasteiger partial charge is 0.0555 e. The molecular formula is C34H21NS2. The SMILES string of the molecule is c1ccc(N(c2cccc3c2ccc2sc4ccccc4c23)c2cccc3sc4ccccc4c23)cc1. The molecule has 8 rings (SSSR count). The van der Waals surface area contributed by atoms with Gasteiger partial charge in [-0.15, -0.1) is 22.7 Å². The predicted molar refractivity (Wildman–Crippen MR) is 164 cm³/mol. The van der Waals surface area contributed by atoms with Crippen LogP contribution >= 0.6 is 22.7 Å². The topological polar surface area (TPSA) is 3.24 Å². The van der Waals surface area contributed by atoms with Crippen molar-refractivity contribution in [1.82, 2.24) is 0 Å². The molecule has 0 N–H and O–H groups in total. The highest BCUT2D eigenvalue weighted by atomic mass is 32.1. The molecule has 0 radical (unpaired) electrons. The Labute approximate surface area is 222 Å². The largest absolute Gasteiger partial charge is 0.309 e. The highest BCUT2D eigenvalue weighted by Gasteiger charge is 2.20. The normalized spacial score (nSPS) is 11.8. The molecule has 174 valence electrons. The molecule has 6 aromatic carbocycles. The Morgan fingerprint density at radius 1 is 0.351 bits per heavy atom. The van der Waals surface area contributed by atoms with E-state index in [0.717, 1.165) is 5.69 Å². The molecule has 0 atom stereocenters. The van der Waals surface area contributed by atoms with Gasteiger partial charge in [-0.3, -0.25) is 0 Å². The van der Waals surface area contributed by atoms with E-state index >= 15 is 0 Å². The lowest BCUT2D eigenvalue weighted by molar-refractivity contribution is 1.32. The van der Waals surface area contributed by atoms with Crippen molar-refractivity contribution in [2.24, 2.45) is 0 Å². The van der Waals surface area contributed by atoms with Gasteiger partial charge in [0.05, 0.1) is 11.4 Å². The summed E-state index contributed by atoms with van der Waals surface area (Å²) in [6, 6.07) is 46.4. The van der Waals surface area contributed by atoms with Crippen LogP contribution in [0.4, 0.5) is 17.1 Å². The predicted octanol–water partition coefficient (Wildman–Crippen LogP) is 11.0. The molecular weight excluding hydrogens is 487 g/mol. The number of para-hydroxylation sites is 1. The Morgan fingerprint density at radius 2 is 0.919 bits per heavy atom. The number of nitrogens with zero attached hydrogens (tertiary/aromatic N) is 1. The molecule has 0 saturated carbocycles. The molecule has 8 aromatic rings. The third kappa shape index (κ3) is 3.15. The molecule has 0 spiro atoms. The minimum atomic E-state index is 1.16. The van der Waals surface area contributed by atoms with Crippen molar-refractivity contribution in [1.29, 1.82) is 0 Å². The van der Waals surface area contributed by atoms with E-state index in [-0.39, 0.29) is 0 Å². The van der Waals surface area contributed by atoms with Gasteiger partial charge < -0.3 is 4.90 Å². The van der Waals surface area contributed by atoms with Crippen LogP contribution in [0.2, 0.25) is 0 Å². The van der Waals surface area contributed by atoms with Crippen LogP contribution in [0.3, 0.4) is 0 Å². The van der Waals surface area contributed by atoms with Crippen molar-refractivity contribution >= 4 is 90.9 Å². The van der Waals surface area contributed by atoms with E-state index in [1.54, 1.807) is 0 Å². The fourth-order valence-electron chi connectivity index (χ4n) is 5.69. The molecule has 1 nitrogen and oxygen atoms in total. The standard InChI is InChI=1S/C34H21NS2/c1-2-10-22(11-3-1)35(28-16-9-19-31-34(28)26-13-5-7-18-30(26)36-31)27-15-8-14-24-23(27)20-21-32-33(24)25-12-4-6-17-29(25)37-32/h1-21H. The van der Waals surface area contributed by atoms with E-state index in [4.69, 9.17) is 0 Å². The third-order valence-corrected chi connectivity index (χ3v) is 9.53. The second kappa shape index (κ2) is 8.17. The summed E-state index contributed by atoms with van der Waals surface area (Å²) in [4.78, 5) is 2.45. The van der Waals surface area contributed by atoms with Crippen molar-refractivity contribution in [3.63, 3.8) is 0 Å². The van der Waals surface area contributed by atoms with Gasteiger partial charge in [0.1, 0.15) is 0 Å². The summed E-state index contributed by atoms with van der Waals surface area (Å²) in [5, 5.41) is 7.88. The highest BCUT2D eigenvalue weighted by molar-refractivity contribution is 7.26. The summed E-state index contributed by atoms with van der Waals surface area (Å²) in [6.07, 6.45) is 0. The zero-order valence-electron chi connectivity index (χ0n) is 19.9. The first kappa shape index (κ1) is 21.0. The Morgan fingerprint density at radius 3 is 1.70 bits per heavy atom. The molecule has 37 heavy (non-hydrogen) atoms. The van der Waals surface area contributed by atoms with Crippen molar-refractivity contribution in [3.8, 4) is 0 Å². The van der Waals surface area contributed by atoms with Gasteiger partial charge >= 0.3 is 0 Å². The average molecular weight is 508 g/mol. The molecule has 3 heteroatoms. The number of rotatable bonds is 3. The van der Waals surface area contributed by atoms with E-state index in [9.17, 15) is 0 Å². The summed E-state index contributed by atoms with van der Waals surface area (Å²) < 4.78 is 5.31. The number of thiophene rings is 2. The lowest BCUT2D eigenvalue weighted by Crippen LogP contribution is -2.10. The van der Waals surface area contributed by atoms with Crippen molar-refractivity contribution in [2.45, 2.75) is 0 Å². The van der Waals surface area contributed by atoms with E-state index in [1.807, 2.05) is 22.7 Å². The minimum Gasteiger partial charge on any atom is -0.309 e. The Bertz CT molecular complexity index is 2100. The summed E-state index contributed by atoms with van der Waals surface area (Å²) in [5.41, 5.74) is 3.57. The van der Waals surface area contributed by atoms with Crippen LogP contribution in [-0.2, 0) is 0 Å². The maximum atomic E-state index is 2.45. The van der Waals surface area contributed by atoms with Gasteiger partial charge in [0.25, 0.3) is 0 Å². The maximum Gasteiger partial charge on any atom is 0.0555 e. The lowest BCUT2D eigenvalue weighted by atomic mass is 10.0. The number of hydrogen-bond acceptors (Lipinski definition) is 3. The van der Waals surface area contributed by atoms with Gasteiger partial charge in [-0.1, -0.05) is 78.9 Å². The molecule has 0 aliphatic carbocycles. The van der Waals surface area contributed by atoms with Crippen molar-refractivity contribution in [2.75, 3.05) is 4.90 Å². The minimum absolute atomic E-state index is 1.16. The van der Waals surface area contributed by atoms with Gasteiger partial charge in [-0.25, -0.2) is 0 Å². The number of anilines is 3. The van der Waals surface area contributed by atoms with Crippen LogP contribution in [0.25, 0.3) is 51.1 Å². The van der Waals surface area contributed by atoms with E-state index < -0.39 is 0 Å². The molecule has 0 saturated heterocycles. The molecule has 0 unspecified atom stereocenters. The van der Waals surface area contributed by atoms with Gasteiger partial charge in [0.2, 0.25) is 0 Å². The van der Waals surface area contributed by atoms with Gasteiger partial charge in [-0.2, -0.15) is 0 Å². The highest BCUT2D eigenvalue weighted by Crippen LogP contribution is 2.47. The third-order valence-electron chi connectivity index (χ3n) is 7.25. The molecule has 0 amide bonds. The van der Waals surface area contributed by atoms with Crippen LogP contribution in [0.5, 0.6) is 0 Å².